The van der Waals surface area contributed by atoms with E-state index in [1.54, 1.807) is 23.2 Å². The summed E-state index contributed by atoms with van der Waals surface area (Å²) in [5, 5.41) is 7.11. The van der Waals surface area contributed by atoms with Gasteiger partial charge in [-0.25, -0.2) is 9.97 Å². The molecule has 5 rings (SSSR count). The molecule has 0 radical (unpaired) electrons. The maximum absolute atomic E-state index is 12.8. The second kappa shape index (κ2) is 6.84. The van der Waals surface area contributed by atoms with E-state index in [-0.39, 0.29) is 18.8 Å². The quantitative estimate of drug-likeness (QED) is 0.738. The molecular formula is C19H17N5O4. The summed E-state index contributed by atoms with van der Waals surface area (Å²) in [4.78, 5) is 22.5. The van der Waals surface area contributed by atoms with Gasteiger partial charge in [0.15, 0.2) is 11.5 Å². The van der Waals surface area contributed by atoms with E-state index in [1.807, 2.05) is 18.2 Å². The maximum Gasteiger partial charge on any atom is 0.272 e. The molecule has 3 aromatic rings. The minimum absolute atomic E-state index is 0.0879. The summed E-state index contributed by atoms with van der Waals surface area (Å²) in [5.74, 6) is 1.80. The highest BCUT2D eigenvalue weighted by molar-refractivity contribution is 5.93. The number of likely N-dealkylation sites (tertiary alicyclic amines) is 1. The first-order valence-corrected chi connectivity index (χ1v) is 8.93. The van der Waals surface area contributed by atoms with Crippen LogP contribution in [0.1, 0.15) is 16.9 Å². The van der Waals surface area contributed by atoms with Crippen LogP contribution in [-0.2, 0) is 0 Å². The van der Waals surface area contributed by atoms with E-state index in [9.17, 15) is 4.79 Å². The summed E-state index contributed by atoms with van der Waals surface area (Å²) >= 11 is 0. The molecule has 0 bridgehead atoms. The second-order valence-corrected chi connectivity index (χ2v) is 6.56. The van der Waals surface area contributed by atoms with E-state index in [0.29, 0.717) is 41.9 Å². The van der Waals surface area contributed by atoms with Crippen molar-refractivity contribution in [3.05, 3.63) is 48.5 Å². The van der Waals surface area contributed by atoms with Crippen molar-refractivity contribution >= 4 is 5.91 Å². The molecule has 142 valence electrons. The lowest BCUT2D eigenvalue weighted by molar-refractivity contribution is 0.0765. The Morgan fingerprint density at radius 1 is 1.21 bits per heavy atom. The zero-order valence-corrected chi connectivity index (χ0v) is 14.9. The van der Waals surface area contributed by atoms with Gasteiger partial charge in [-0.1, -0.05) is 0 Å². The maximum atomic E-state index is 12.8. The number of carbonyl (C=O) groups excluding carboxylic acids is 1. The van der Waals surface area contributed by atoms with Gasteiger partial charge in [0.2, 0.25) is 12.7 Å². The number of H-pyrrole nitrogens is 1. The molecule has 2 aliphatic heterocycles. The fourth-order valence-electron chi connectivity index (χ4n) is 3.33. The van der Waals surface area contributed by atoms with Crippen LogP contribution in [0.5, 0.6) is 17.4 Å². The molecule has 1 saturated heterocycles. The molecule has 0 aliphatic carbocycles. The number of fused-ring (bicyclic) bond motifs is 1. The fourth-order valence-corrected chi connectivity index (χ4v) is 3.33. The van der Waals surface area contributed by atoms with Crippen molar-refractivity contribution in [3.63, 3.8) is 0 Å². The van der Waals surface area contributed by atoms with Gasteiger partial charge in [-0.3, -0.25) is 9.89 Å². The van der Waals surface area contributed by atoms with E-state index in [0.717, 1.165) is 12.0 Å². The first-order valence-electron chi connectivity index (χ1n) is 8.93. The lowest BCUT2D eigenvalue weighted by Crippen LogP contribution is -2.31. The van der Waals surface area contributed by atoms with Crippen LogP contribution in [0, 0.1) is 0 Å². The van der Waals surface area contributed by atoms with Crippen molar-refractivity contribution in [1.29, 1.82) is 0 Å². The average molecular weight is 379 g/mol. The summed E-state index contributed by atoms with van der Waals surface area (Å²) in [5.41, 5.74) is 1.97. The number of hydrogen-bond acceptors (Lipinski definition) is 7. The SMILES string of the molecule is O=C(c1cc(-c2ccc3c(c2)OCO3)n[nH]1)N1CC[C@H](Oc2ccncn2)C1. The average Bonchev–Trinajstić information content (AvgIpc) is 3.48. The van der Waals surface area contributed by atoms with Crippen molar-refractivity contribution in [3.8, 4) is 28.6 Å². The highest BCUT2D eigenvalue weighted by Gasteiger charge is 2.29. The van der Waals surface area contributed by atoms with Crippen LogP contribution < -0.4 is 14.2 Å². The molecule has 1 fully saturated rings. The smallest absolute Gasteiger partial charge is 0.272 e. The van der Waals surface area contributed by atoms with Crippen molar-refractivity contribution in [2.75, 3.05) is 19.9 Å². The molecule has 1 aromatic carbocycles. The number of benzene rings is 1. The number of nitrogens with one attached hydrogen (secondary N) is 1. The minimum Gasteiger partial charge on any atom is -0.472 e. The number of aromatic amines is 1. The number of amides is 1. The summed E-state index contributed by atoms with van der Waals surface area (Å²) in [6, 6.07) is 9.03. The zero-order valence-electron chi connectivity index (χ0n) is 14.9. The summed E-state index contributed by atoms with van der Waals surface area (Å²) < 4.78 is 16.5. The third kappa shape index (κ3) is 3.11. The normalized spacial score (nSPS) is 17.7. The third-order valence-corrected chi connectivity index (χ3v) is 4.75. The molecule has 9 heteroatoms. The van der Waals surface area contributed by atoms with Crippen molar-refractivity contribution in [1.82, 2.24) is 25.1 Å². The molecule has 0 unspecified atom stereocenters. The molecule has 9 nitrogen and oxygen atoms in total. The Balaban J connectivity index is 1.26. The molecule has 1 amide bonds. The van der Waals surface area contributed by atoms with Crippen molar-refractivity contribution < 1.29 is 19.0 Å². The monoisotopic (exact) mass is 379 g/mol. The van der Waals surface area contributed by atoms with Crippen LogP contribution in [0.3, 0.4) is 0 Å². The van der Waals surface area contributed by atoms with E-state index >= 15 is 0 Å². The fraction of sp³-hybridized carbons (Fsp3) is 0.263. The number of ether oxygens (including phenoxy) is 3. The van der Waals surface area contributed by atoms with E-state index in [2.05, 4.69) is 20.2 Å². The van der Waals surface area contributed by atoms with Gasteiger partial charge in [0.25, 0.3) is 5.91 Å². The van der Waals surface area contributed by atoms with Gasteiger partial charge in [-0.15, -0.1) is 0 Å². The minimum atomic E-state index is -0.103. The Labute approximate surface area is 160 Å². The van der Waals surface area contributed by atoms with Gasteiger partial charge < -0.3 is 19.1 Å². The van der Waals surface area contributed by atoms with Gasteiger partial charge in [0, 0.05) is 30.8 Å². The lowest BCUT2D eigenvalue weighted by Gasteiger charge is -2.15. The Kier molecular flexibility index (Phi) is 4.04. The highest BCUT2D eigenvalue weighted by Crippen LogP contribution is 2.35. The number of rotatable bonds is 4. The zero-order chi connectivity index (χ0) is 18.9. The molecule has 28 heavy (non-hydrogen) atoms. The van der Waals surface area contributed by atoms with Crippen LogP contribution in [0.15, 0.2) is 42.9 Å². The molecule has 4 heterocycles. The van der Waals surface area contributed by atoms with Gasteiger partial charge in [0.05, 0.1) is 12.2 Å². The van der Waals surface area contributed by atoms with Crippen LogP contribution in [0.4, 0.5) is 0 Å². The van der Waals surface area contributed by atoms with Crippen molar-refractivity contribution in [2.24, 2.45) is 0 Å². The summed E-state index contributed by atoms with van der Waals surface area (Å²) in [7, 11) is 0. The summed E-state index contributed by atoms with van der Waals surface area (Å²) in [6.07, 6.45) is 3.73. The molecule has 0 saturated carbocycles. The first kappa shape index (κ1) is 16.5. The first-order chi connectivity index (χ1) is 13.8. The third-order valence-electron chi connectivity index (χ3n) is 4.75. The number of aromatic nitrogens is 4. The highest BCUT2D eigenvalue weighted by atomic mass is 16.7. The Hall–Kier alpha value is -3.62. The second-order valence-electron chi connectivity index (χ2n) is 6.56. The van der Waals surface area contributed by atoms with Crippen LogP contribution in [-0.4, -0.2) is 57.0 Å². The molecule has 0 spiro atoms. The Morgan fingerprint density at radius 2 is 2.14 bits per heavy atom. The Morgan fingerprint density at radius 3 is 3.04 bits per heavy atom. The number of hydrogen-bond donors (Lipinski definition) is 1. The standard InChI is InChI=1S/C19H17N5O4/c25-19(24-6-4-13(9-24)28-18-3-5-20-10-21-18)15-8-14(22-23-15)12-1-2-16-17(7-12)27-11-26-16/h1-3,5,7-8,10,13H,4,6,9,11H2,(H,22,23)/t13-/m0/s1. The topological polar surface area (TPSA) is 102 Å². The van der Waals surface area contributed by atoms with Crippen LogP contribution in [0.25, 0.3) is 11.3 Å². The van der Waals surface area contributed by atoms with Gasteiger partial charge >= 0.3 is 0 Å². The van der Waals surface area contributed by atoms with Gasteiger partial charge in [0.1, 0.15) is 18.1 Å². The predicted octanol–water partition coefficient (Wildman–Crippen LogP) is 1.89. The van der Waals surface area contributed by atoms with Crippen LogP contribution >= 0.6 is 0 Å². The summed E-state index contributed by atoms with van der Waals surface area (Å²) in [6.45, 7) is 1.34. The van der Waals surface area contributed by atoms with Gasteiger partial charge in [-0.2, -0.15) is 5.10 Å². The largest absolute Gasteiger partial charge is 0.472 e. The van der Waals surface area contributed by atoms with Crippen molar-refractivity contribution in [2.45, 2.75) is 12.5 Å². The molecule has 2 aliphatic rings. The van der Waals surface area contributed by atoms with E-state index in [4.69, 9.17) is 14.2 Å². The number of carbonyl (C=O) groups is 1. The molecule has 2 aromatic heterocycles. The molecule has 1 atom stereocenters. The molecule has 1 N–H and O–H groups in total. The van der Waals surface area contributed by atoms with E-state index in [1.165, 1.54) is 6.33 Å². The lowest BCUT2D eigenvalue weighted by atomic mass is 10.1. The Bertz CT molecular complexity index is 1010. The van der Waals surface area contributed by atoms with Gasteiger partial charge in [-0.05, 0) is 24.3 Å². The van der Waals surface area contributed by atoms with Crippen LogP contribution in [0.2, 0.25) is 0 Å². The molecular weight excluding hydrogens is 362 g/mol. The predicted molar refractivity (Wildman–Crippen MR) is 97.1 cm³/mol. The number of nitrogens with zero attached hydrogens (tertiary/aromatic N) is 4. The van der Waals surface area contributed by atoms with E-state index < -0.39 is 0 Å².